The van der Waals surface area contributed by atoms with E-state index in [0.29, 0.717) is 4.64 Å². The van der Waals surface area contributed by atoms with Gasteiger partial charge in [-0.3, -0.25) is 9.50 Å². The van der Waals surface area contributed by atoms with Gasteiger partial charge in [-0.05, 0) is 26.0 Å². The summed E-state index contributed by atoms with van der Waals surface area (Å²) in [5.41, 5.74) is 2.25. The Morgan fingerprint density at radius 2 is 2.13 bits per heavy atom. The molecule has 0 amide bonds. The van der Waals surface area contributed by atoms with Crippen LogP contribution in [0.3, 0.4) is 0 Å². The molecule has 3 aromatic rings. The van der Waals surface area contributed by atoms with Gasteiger partial charge in [-0.25, -0.2) is 0 Å². The lowest BCUT2D eigenvalue weighted by molar-refractivity contribution is 0.888. The van der Waals surface area contributed by atoms with E-state index in [4.69, 9.17) is 12.2 Å². The van der Waals surface area contributed by atoms with Crippen LogP contribution in [-0.2, 0) is 0 Å². The van der Waals surface area contributed by atoms with Crippen LogP contribution in [0, 0.1) is 18.5 Å². The van der Waals surface area contributed by atoms with Crippen LogP contribution in [0.15, 0.2) is 12.1 Å². The summed E-state index contributed by atoms with van der Waals surface area (Å²) in [6.07, 6.45) is 0. The normalized spacial score (nSPS) is 11.6. The molecule has 3 aromatic heterocycles. The zero-order valence-electron chi connectivity index (χ0n) is 8.37. The van der Waals surface area contributed by atoms with Crippen molar-refractivity contribution < 1.29 is 0 Å². The van der Waals surface area contributed by atoms with Crippen molar-refractivity contribution in [3.05, 3.63) is 27.5 Å². The first-order valence-corrected chi connectivity index (χ1v) is 5.86. The number of aryl methyl sites for hydroxylation is 2. The maximum Gasteiger partial charge on any atom is 0.144 e. The summed E-state index contributed by atoms with van der Waals surface area (Å²) < 4.78 is 4.07. The third kappa shape index (κ3) is 1.16. The van der Waals surface area contributed by atoms with Crippen LogP contribution < -0.4 is 0 Å². The molecule has 1 N–H and O–H groups in total. The molecule has 0 aromatic carbocycles. The monoisotopic (exact) mass is 235 g/mol. The fraction of sp³-hybridized carbons (Fsp3) is 0.200. The highest BCUT2D eigenvalue weighted by molar-refractivity contribution is 7.71. The van der Waals surface area contributed by atoms with Gasteiger partial charge in [0, 0.05) is 4.88 Å². The molecule has 0 aliphatic rings. The van der Waals surface area contributed by atoms with E-state index >= 15 is 0 Å². The Morgan fingerprint density at radius 1 is 1.33 bits per heavy atom. The van der Waals surface area contributed by atoms with Crippen molar-refractivity contribution >= 4 is 39.3 Å². The summed E-state index contributed by atoms with van der Waals surface area (Å²) in [5, 5.41) is 7.03. The number of nitrogens with zero attached hydrogens (tertiary/aromatic N) is 2. The van der Waals surface area contributed by atoms with Crippen molar-refractivity contribution in [2.24, 2.45) is 0 Å². The highest BCUT2D eigenvalue weighted by atomic mass is 32.1. The van der Waals surface area contributed by atoms with Gasteiger partial charge in [-0.15, -0.1) is 11.3 Å². The van der Waals surface area contributed by atoms with Crippen molar-refractivity contribution in [3.63, 3.8) is 0 Å². The lowest BCUT2D eigenvalue weighted by Crippen LogP contribution is -1.97. The molecular weight excluding hydrogens is 226 g/mol. The largest absolute Gasteiger partial charge is 0.293 e. The average molecular weight is 235 g/mol. The minimum atomic E-state index is 0.696. The van der Waals surface area contributed by atoms with E-state index in [1.807, 2.05) is 6.92 Å². The Bertz CT molecular complexity index is 717. The Kier molecular flexibility index (Phi) is 1.75. The Labute approximate surface area is 95.4 Å². The van der Waals surface area contributed by atoms with Crippen LogP contribution in [0.4, 0.5) is 0 Å². The van der Waals surface area contributed by atoms with E-state index in [2.05, 4.69) is 33.7 Å². The fourth-order valence-corrected chi connectivity index (χ4v) is 3.01. The van der Waals surface area contributed by atoms with Crippen molar-refractivity contribution in [3.8, 4) is 0 Å². The van der Waals surface area contributed by atoms with E-state index < -0.39 is 0 Å². The van der Waals surface area contributed by atoms with Crippen LogP contribution in [0.5, 0.6) is 0 Å². The van der Waals surface area contributed by atoms with Crippen LogP contribution in [0.2, 0.25) is 0 Å². The molecular formula is C10H9N3S2. The molecule has 0 atom stereocenters. The van der Waals surface area contributed by atoms with Gasteiger partial charge in [-0.1, -0.05) is 12.2 Å². The van der Waals surface area contributed by atoms with Gasteiger partial charge in [-0.2, -0.15) is 5.10 Å². The first kappa shape index (κ1) is 9.06. The molecule has 3 nitrogen and oxygen atoms in total. The number of hydrogen-bond donors (Lipinski definition) is 1. The van der Waals surface area contributed by atoms with Gasteiger partial charge in [0.05, 0.1) is 15.7 Å². The summed E-state index contributed by atoms with van der Waals surface area (Å²) in [6, 6.07) is 4.30. The fourth-order valence-electron chi connectivity index (χ4n) is 1.87. The lowest BCUT2D eigenvalue weighted by atomic mass is 10.4. The SMILES string of the molecule is Cc1cc2c(cc3c(=S)[nH]nc(C)n32)s1. The molecule has 0 unspecified atom stereocenters. The molecule has 0 saturated carbocycles. The highest BCUT2D eigenvalue weighted by Gasteiger charge is 2.09. The van der Waals surface area contributed by atoms with Gasteiger partial charge in [0.2, 0.25) is 0 Å². The summed E-state index contributed by atoms with van der Waals surface area (Å²) in [5.74, 6) is 0.936. The van der Waals surface area contributed by atoms with E-state index in [0.717, 1.165) is 11.3 Å². The van der Waals surface area contributed by atoms with E-state index in [9.17, 15) is 0 Å². The molecule has 76 valence electrons. The standard InChI is InChI=1S/C10H9N3S2/c1-5-3-7-9(15-5)4-8-10(14)12-11-6(2)13(7)8/h3-4H,1-2H3,(H,12,14). The Morgan fingerprint density at radius 3 is 2.93 bits per heavy atom. The lowest BCUT2D eigenvalue weighted by Gasteiger charge is -1.99. The second-order valence-corrected chi connectivity index (χ2v) is 5.27. The number of rotatable bonds is 0. The van der Waals surface area contributed by atoms with E-state index in [1.165, 1.54) is 15.1 Å². The molecule has 0 bridgehead atoms. The summed E-state index contributed by atoms with van der Waals surface area (Å²) in [4.78, 5) is 1.31. The topological polar surface area (TPSA) is 33.1 Å². The van der Waals surface area contributed by atoms with Crippen LogP contribution in [0.25, 0.3) is 15.7 Å². The first-order valence-electron chi connectivity index (χ1n) is 4.64. The third-order valence-corrected chi connectivity index (χ3v) is 3.78. The number of nitrogens with one attached hydrogen (secondary N) is 1. The molecule has 0 radical (unpaired) electrons. The number of hydrogen-bond acceptors (Lipinski definition) is 3. The molecule has 5 heteroatoms. The first-order chi connectivity index (χ1) is 7.16. The molecule has 3 rings (SSSR count). The molecule has 0 fully saturated rings. The van der Waals surface area contributed by atoms with Crippen molar-refractivity contribution in [1.82, 2.24) is 14.6 Å². The summed E-state index contributed by atoms with van der Waals surface area (Å²) in [7, 11) is 0. The second-order valence-electron chi connectivity index (χ2n) is 3.57. The van der Waals surface area contributed by atoms with E-state index in [1.54, 1.807) is 11.3 Å². The molecule has 0 aliphatic heterocycles. The van der Waals surface area contributed by atoms with Gasteiger partial charge in [0.1, 0.15) is 10.5 Å². The Balaban J connectivity index is 2.68. The minimum absolute atomic E-state index is 0.696. The Hall–Kier alpha value is -1.20. The third-order valence-electron chi connectivity index (χ3n) is 2.49. The van der Waals surface area contributed by atoms with Crippen LogP contribution >= 0.6 is 23.6 Å². The average Bonchev–Trinajstić information content (AvgIpc) is 2.67. The second kappa shape index (κ2) is 2.90. The van der Waals surface area contributed by atoms with Crippen LogP contribution in [0.1, 0.15) is 10.7 Å². The van der Waals surface area contributed by atoms with Gasteiger partial charge >= 0.3 is 0 Å². The predicted molar refractivity (Wildman–Crippen MR) is 65.2 cm³/mol. The van der Waals surface area contributed by atoms with Gasteiger partial charge in [0.15, 0.2) is 0 Å². The van der Waals surface area contributed by atoms with Gasteiger partial charge in [0.25, 0.3) is 0 Å². The highest BCUT2D eigenvalue weighted by Crippen LogP contribution is 2.29. The molecule has 3 heterocycles. The predicted octanol–water partition coefficient (Wildman–Crippen LogP) is 3.22. The smallest absolute Gasteiger partial charge is 0.144 e. The van der Waals surface area contributed by atoms with Crippen molar-refractivity contribution in [2.45, 2.75) is 13.8 Å². The van der Waals surface area contributed by atoms with Crippen LogP contribution in [-0.4, -0.2) is 14.6 Å². The number of fused-ring (bicyclic) bond motifs is 3. The number of H-pyrrole nitrogens is 1. The quantitative estimate of drug-likeness (QED) is 0.607. The molecule has 0 saturated heterocycles. The summed E-state index contributed by atoms with van der Waals surface area (Å²) >= 11 is 7.01. The maximum atomic E-state index is 5.22. The number of thiophene rings is 1. The molecule has 0 spiro atoms. The zero-order valence-corrected chi connectivity index (χ0v) is 10.00. The summed E-state index contributed by atoms with van der Waals surface area (Å²) in [6.45, 7) is 4.09. The number of aromatic amines is 1. The maximum absolute atomic E-state index is 5.22. The van der Waals surface area contributed by atoms with Crippen molar-refractivity contribution in [2.75, 3.05) is 0 Å². The van der Waals surface area contributed by atoms with Gasteiger partial charge < -0.3 is 0 Å². The molecule has 0 aliphatic carbocycles. The molecule has 15 heavy (non-hydrogen) atoms. The number of aromatic nitrogens is 3. The zero-order chi connectivity index (χ0) is 10.6. The van der Waals surface area contributed by atoms with E-state index in [-0.39, 0.29) is 0 Å². The minimum Gasteiger partial charge on any atom is -0.293 e. The van der Waals surface area contributed by atoms with Crippen molar-refractivity contribution in [1.29, 1.82) is 0 Å².